The number of aromatic nitrogens is 3. The standard InChI is InChI=1S/C18H24FN5O/c1-12(2)14-5-3-13(4-6-14)8-23-9-15(19)7-16(23)10-24-11-17(18(20)25)21-22-24/h3-6,11-12,15-16H,7-10H2,1-2H3,(H2,20,25). The first kappa shape index (κ1) is 17.5. The number of benzene rings is 1. The van der Waals surface area contributed by atoms with Crippen molar-refractivity contribution in [3.05, 3.63) is 47.3 Å². The lowest BCUT2D eigenvalue weighted by molar-refractivity contribution is 0.0995. The fourth-order valence-corrected chi connectivity index (χ4v) is 3.26. The Morgan fingerprint density at radius 2 is 2.08 bits per heavy atom. The van der Waals surface area contributed by atoms with Crippen LogP contribution in [0.3, 0.4) is 0 Å². The van der Waals surface area contributed by atoms with Gasteiger partial charge in [-0.2, -0.15) is 0 Å². The van der Waals surface area contributed by atoms with E-state index >= 15 is 0 Å². The fraction of sp³-hybridized carbons (Fsp3) is 0.500. The number of rotatable bonds is 6. The van der Waals surface area contributed by atoms with Gasteiger partial charge >= 0.3 is 0 Å². The molecular formula is C18H24FN5O. The maximum Gasteiger partial charge on any atom is 0.270 e. The van der Waals surface area contributed by atoms with Gasteiger partial charge in [-0.1, -0.05) is 43.3 Å². The molecule has 2 N–H and O–H groups in total. The predicted octanol–water partition coefficient (Wildman–Crippen LogP) is 2.11. The Labute approximate surface area is 146 Å². The number of alkyl halides is 1. The van der Waals surface area contributed by atoms with Crippen LogP contribution >= 0.6 is 0 Å². The molecule has 1 fully saturated rings. The Bertz CT molecular complexity index is 727. The zero-order chi connectivity index (χ0) is 18.0. The Morgan fingerprint density at radius 3 is 2.68 bits per heavy atom. The van der Waals surface area contributed by atoms with Crippen LogP contribution in [-0.4, -0.2) is 44.6 Å². The Balaban J connectivity index is 1.67. The van der Waals surface area contributed by atoms with E-state index < -0.39 is 12.1 Å². The van der Waals surface area contributed by atoms with Gasteiger partial charge in [0.25, 0.3) is 5.91 Å². The molecule has 2 heterocycles. The second-order valence-electron chi connectivity index (χ2n) is 7.00. The highest BCUT2D eigenvalue weighted by Gasteiger charge is 2.32. The van der Waals surface area contributed by atoms with Crippen molar-refractivity contribution >= 4 is 5.91 Å². The van der Waals surface area contributed by atoms with Gasteiger partial charge in [0.2, 0.25) is 0 Å². The summed E-state index contributed by atoms with van der Waals surface area (Å²) in [6, 6.07) is 8.50. The summed E-state index contributed by atoms with van der Waals surface area (Å²) in [6.45, 7) is 5.93. The van der Waals surface area contributed by atoms with Crippen molar-refractivity contribution in [1.29, 1.82) is 0 Å². The van der Waals surface area contributed by atoms with Gasteiger partial charge in [-0.15, -0.1) is 5.10 Å². The monoisotopic (exact) mass is 345 g/mol. The summed E-state index contributed by atoms with van der Waals surface area (Å²) in [4.78, 5) is 13.2. The minimum Gasteiger partial charge on any atom is -0.364 e. The number of primary amides is 1. The molecule has 0 saturated carbocycles. The molecule has 2 atom stereocenters. The number of hydrogen-bond donors (Lipinski definition) is 1. The third kappa shape index (κ3) is 4.22. The van der Waals surface area contributed by atoms with Gasteiger partial charge in [0.05, 0.1) is 12.7 Å². The van der Waals surface area contributed by atoms with Gasteiger partial charge in [0, 0.05) is 19.1 Å². The maximum absolute atomic E-state index is 14.0. The SMILES string of the molecule is CC(C)c1ccc(CN2CC(F)CC2Cn2cc(C(N)=O)nn2)cc1. The summed E-state index contributed by atoms with van der Waals surface area (Å²) in [5.74, 6) is -0.112. The lowest BCUT2D eigenvalue weighted by atomic mass is 10.0. The first-order valence-corrected chi connectivity index (χ1v) is 8.59. The van der Waals surface area contributed by atoms with Gasteiger partial charge in [-0.3, -0.25) is 14.4 Å². The molecule has 1 amide bonds. The highest BCUT2D eigenvalue weighted by atomic mass is 19.1. The van der Waals surface area contributed by atoms with E-state index in [-0.39, 0.29) is 11.7 Å². The number of nitrogens with zero attached hydrogens (tertiary/aromatic N) is 4. The third-order valence-electron chi connectivity index (χ3n) is 4.70. The minimum absolute atomic E-state index is 0.0159. The second-order valence-corrected chi connectivity index (χ2v) is 7.00. The van der Waals surface area contributed by atoms with Crippen molar-refractivity contribution in [3.8, 4) is 0 Å². The largest absolute Gasteiger partial charge is 0.364 e. The van der Waals surface area contributed by atoms with Crippen molar-refractivity contribution < 1.29 is 9.18 Å². The van der Waals surface area contributed by atoms with Crippen LogP contribution in [0, 0.1) is 0 Å². The fourth-order valence-electron chi connectivity index (χ4n) is 3.26. The normalized spacial score (nSPS) is 21.1. The Kier molecular flexibility index (Phi) is 5.13. The number of halogens is 1. The molecule has 0 spiro atoms. The van der Waals surface area contributed by atoms with E-state index in [2.05, 4.69) is 53.3 Å². The molecule has 1 saturated heterocycles. The lowest BCUT2D eigenvalue weighted by Gasteiger charge is -2.24. The molecule has 0 bridgehead atoms. The van der Waals surface area contributed by atoms with Crippen molar-refractivity contribution in [2.24, 2.45) is 5.73 Å². The minimum atomic E-state index is -0.848. The summed E-state index contributed by atoms with van der Waals surface area (Å²) in [6.07, 6.45) is 1.12. The summed E-state index contributed by atoms with van der Waals surface area (Å²) >= 11 is 0. The Hall–Kier alpha value is -2.28. The third-order valence-corrected chi connectivity index (χ3v) is 4.70. The van der Waals surface area contributed by atoms with Crippen LogP contribution in [0.15, 0.2) is 30.5 Å². The van der Waals surface area contributed by atoms with E-state index in [0.717, 1.165) is 0 Å². The maximum atomic E-state index is 14.0. The van der Waals surface area contributed by atoms with Crippen LogP contribution in [0.5, 0.6) is 0 Å². The quantitative estimate of drug-likeness (QED) is 0.870. The highest BCUT2D eigenvalue weighted by Crippen LogP contribution is 2.24. The van der Waals surface area contributed by atoms with Crippen LogP contribution in [-0.2, 0) is 13.1 Å². The number of likely N-dealkylation sites (tertiary alicyclic amines) is 1. The van der Waals surface area contributed by atoms with Crippen molar-refractivity contribution in [3.63, 3.8) is 0 Å². The molecule has 1 aromatic carbocycles. The van der Waals surface area contributed by atoms with Crippen molar-refractivity contribution in [2.75, 3.05) is 6.54 Å². The van der Waals surface area contributed by atoms with Crippen molar-refractivity contribution in [2.45, 2.75) is 51.5 Å². The lowest BCUT2D eigenvalue weighted by Crippen LogP contribution is -2.32. The molecule has 3 rings (SSSR count). The van der Waals surface area contributed by atoms with Crippen LogP contribution < -0.4 is 5.73 Å². The van der Waals surface area contributed by atoms with Crippen LogP contribution in [0.25, 0.3) is 0 Å². The molecule has 2 aromatic rings. The zero-order valence-corrected chi connectivity index (χ0v) is 14.6. The van der Waals surface area contributed by atoms with E-state index in [1.165, 1.54) is 17.3 Å². The summed E-state index contributed by atoms with van der Waals surface area (Å²) < 4.78 is 15.5. The number of carbonyl (C=O) groups is 1. The topological polar surface area (TPSA) is 77.0 Å². The molecule has 6 nitrogen and oxygen atoms in total. The molecule has 2 unspecified atom stereocenters. The molecule has 0 radical (unpaired) electrons. The van der Waals surface area contributed by atoms with Gasteiger partial charge in [-0.25, -0.2) is 4.39 Å². The smallest absolute Gasteiger partial charge is 0.270 e. The molecule has 1 aromatic heterocycles. The molecule has 134 valence electrons. The van der Waals surface area contributed by atoms with Crippen LogP contribution in [0.1, 0.15) is 47.8 Å². The average molecular weight is 345 g/mol. The van der Waals surface area contributed by atoms with Crippen LogP contribution in [0.2, 0.25) is 0 Å². The second kappa shape index (κ2) is 7.31. The summed E-state index contributed by atoms with van der Waals surface area (Å²) in [5.41, 5.74) is 7.79. The van der Waals surface area contributed by atoms with Crippen molar-refractivity contribution in [1.82, 2.24) is 19.9 Å². The molecule has 25 heavy (non-hydrogen) atoms. The van der Waals surface area contributed by atoms with E-state index in [9.17, 15) is 9.18 Å². The molecule has 1 aliphatic rings. The molecule has 1 aliphatic heterocycles. The Morgan fingerprint density at radius 1 is 1.36 bits per heavy atom. The number of carbonyl (C=O) groups excluding carboxylic acids is 1. The number of nitrogens with two attached hydrogens (primary N) is 1. The van der Waals surface area contributed by atoms with Gasteiger partial charge in [0.15, 0.2) is 5.69 Å². The van der Waals surface area contributed by atoms with Gasteiger partial charge in [-0.05, 0) is 23.5 Å². The van der Waals surface area contributed by atoms with Gasteiger partial charge < -0.3 is 5.73 Å². The van der Waals surface area contributed by atoms with E-state index in [1.54, 1.807) is 4.68 Å². The van der Waals surface area contributed by atoms with Gasteiger partial charge in [0.1, 0.15) is 6.17 Å². The summed E-state index contributed by atoms with van der Waals surface area (Å²) in [7, 11) is 0. The van der Waals surface area contributed by atoms with E-state index in [0.29, 0.717) is 32.0 Å². The highest BCUT2D eigenvalue weighted by molar-refractivity contribution is 5.90. The summed E-state index contributed by atoms with van der Waals surface area (Å²) in [5, 5.41) is 7.65. The molecule has 7 heteroatoms. The number of amides is 1. The predicted molar refractivity (Wildman–Crippen MR) is 92.8 cm³/mol. The first-order chi connectivity index (χ1) is 11.9. The van der Waals surface area contributed by atoms with E-state index in [1.807, 2.05) is 0 Å². The average Bonchev–Trinajstić information content (AvgIpc) is 3.15. The molecular weight excluding hydrogens is 321 g/mol. The number of hydrogen-bond acceptors (Lipinski definition) is 4. The van der Waals surface area contributed by atoms with E-state index in [4.69, 9.17) is 5.73 Å². The molecule has 0 aliphatic carbocycles. The zero-order valence-electron chi connectivity index (χ0n) is 14.6. The first-order valence-electron chi connectivity index (χ1n) is 8.59. The van der Waals surface area contributed by atoms with Crippen LogP contribution in [0.4, 0.5) is 4.39 Å².